The Labute approximate surface area is 140 Å². The summed E-state index contributed by atoms with van der Waals surface area (Å²) in [5, 5.41) is 3.69. The Kier molecular flexibility index (Phi) is 3.97. The molecule has 1 amide bonds. The number of benzene rings is 2. The van der Waals surface area contributed by atoms with Gasteiger partial charge in [-0.05, 0) is 23.1 Å². The predicted octanol–water partition coefficient (Wildman–Crippen LogP) is 4.08. The summed E-state index contributed by atoms with van der Waals surface area (Å²) < 4.78 is 0. The first kappa shape index (κ1) is 16.0. The molecule has 24 heavy (non-hydrogen) atoms. The first-order chi connectivity index (χ1) is 11.4. The van der Waals surface area contributed by atoms with Crippen LogP contribution in [0, 0.1) is 0 Å². The average Bonchev–Trinajstić information content (AvgIpc) is 2.53. The Balaban J connectivity index is 2.05. The lowest BCUT2D eigenvalue weighted by molar-refractivity contribution is 0.102. The highest BCUT2D eigenvalue weighted by atomic mass is 16.2. The number of fused-ring (bicyclic) bond motifs is 1. The van der Waals surface area contributed by atoms with Gasteiger partial charge < -0.3 is 10.3 Å². The van der Waals surface area contributed by atoms with Crippen LogP contribution in [0.4, 0.5) is 5.69 Å². The molecule has 0 unspecified atom stereocenters. The van der Waals surface area contributed by atoms with E-state index in [0.29, 0.717) is 11.1 Å². The summed E-state index contributed by atoms with van der Waals surface area (Å²) >= 11 is 0. The predicted molar refractivity (Wildman–Crippen MR) is 97.7 cm³/mol. The van der Waals surface area contributed by atoms with E-state index < -0.39 is 0 Å². The van der Waals surface area contributed by atoms with Crippen molar-refractivity contribution < 1.29 is 4.79 Å². The van der Waals surface area contributed by atoms with Crippen LogP contribution < -0.4 is 10.9 Å². The number of anilines is 1. The van der Waals surface area contributed by atoms with Crippen molar-refractivity contribution >= 4 is 22.5 Å². The molecule has 1 aromatic heterocycles. The fourth-order valence-electron chi connectivity index (χ4n) is 2.83. The lowest BCUT2D eigenvalue weighted by Crippen LogP contribution is -2.20. The second-order valence-corrected chi connectivity index (χ2v) is 6.84. The molecule has 3 rings (SSSR count). The van der Waals surface area contributed by atoms with Gasteiger partial charge in [0.15, 0.2) is 0 Å². The van der Waals surface area contributed by atoms with Gasteiger partial charge in [0, 0.05) is 22.7 Å². The zero-order valence-corrected chi connectivity index (χ0v) is 14.0. The SMILES string of the molecule is CC(C)(C)c1ccccc1NC(=O)c1cc(=O)[nH]c2ccccc12. The molecule has 0 bridgehead atoms. The van der Waals surface area contributed by atoms with E-state index in [0.717, 1.165) is 16.6 Å². The molecule has 0 aliphatic rings. The third-order valence-corrected chi connectivity index (χ3v) is 3.98. The highest BCUT2D eigenvalue weighted by Gasteiger charge is 2.19. The highest BCUT2D eigenvalue weighted by molar-refractivity contribution is 6.12. The number of amides is 1. The Bertz CT molecular complexity index is 965. The summed E-state index contributed by atoms with van der Waals surface area (Å²) in [5.74, 6) is -0.283. The maximum absolute atomic E-state index is 12.8. The molecule has 0 spiro atoms. The van der Waals surface area contributed by atoms with Gasteiger partial charge >= 0.3 is 0 Å². The smallest absolute Gasteiger partial charge is 0.256 e. The molecule has 0 saturated carbocycles. The van der Waals surface area contributed by atoms with Gasteiger partial charge in [-0.1, -0.05) is 57.2 Å². The van der Waals surface area contributed by atoms with Crippen LogP contribution in [-0.4, -0.2) is 10.9 Å². The van der Waals surface area contributed by atoms with Gasteiger partial charge in [0.1, 0.15) is 0 Å². The highest BCUT2D eigenvalue weighted by Crippen LogP contribution is 2.29. The molecular weight excluding hydrogens is 300 g/mol. The van der Waals surface area contributed by atoms with Gasteiger partial charge in [-0.3, -0.25) is 9.59 Å². The van der Waals surface area contributed by atoms with Crippen LogP contribution in [0.5, 0.6) is 0 Å². The number of H-pyrrole nitrogens is 1. The molecule has 0 radical (unpaired) electrons. The van der Waals surface area contributed by atoms with E-state index in [-0.39, 0.29) is 16.9 Å². The minimum atomic E-state index is -0.289. The van der Waals surface area contributed by atoms with E-state index in [4.69, 9.17) is 0 Å². The minimum Gasteiger partial charge on any atom is -0.322 e. The van der Waals surface area contributed by atoms with Crippen molar-refractivity contribution in [3.63, 3.8) is 0 Å². The van der Waals surface area contributed by atoms with Gasteiger partial charge in [0.25, 0.3) is 5.91 Å². The number of aromatic nitrogens is 1. The van der Waals surface area contributed by atoms with E-state index in [2.05, 4.69) is 31.1 Å². The molecule has 1 heterocycles. The summed E-state index contributed by atoms with van der Waals surface area (Å²) in [7, 11) is 0. The maximum atomic E-state index is 12.8. The standard InChI is InChI=1S/C20H20N2O2/c1-20(2,3)15-9-5-7-11-17(15)22-19(24)14-12-18(23)21-16-10-6-4-8-13(14)16/h4-12H,1-3H3,(H,21,23)(H,22,24). The molecule has 122 valence electrons. The maximum Gasteiger partial charge on any atom is 0.256 e. The van der Waals surface area contributed by atoms with Gasteiger partial charge in [0.2, 0.25) is 5.56 Å². The average molecular weight is 320 g/mol. The molecule has 0 aliphatic heterocycles. The third-order valence-electron chi connectivity index (χ3n) is 3.98. The van der Waals surface area contributed by atoms with E-state index in [1.54, 1.807) is 6.07 Å². The largest absolute Gasteiger partial charge is 0.322 e. The molecule has 0 aliphatic carbocycles. The van der Waals surface area contributed by atoms with Crippen molar-refractivity contribution in [2.24, 2.45) is 0 Å². The number of nitrogens with one attached hydrogen (secondary N) is 2. The number of aromatic amines is 1. The van der Waals surface area contributed by atoms with Crippen molar-refractivity contribution in [3.8, 4) is 0 Å². The van der Waals surface area contributed by atoms with Gasteiger partial charge in [-0.2, -0.15) is 0 Å². The van der Waals surface area contributed by atoms with Crippen molar-refractivity contribution in [1.82, 2.24) is 4.98 Å². The molecule has 0 saturated heterocycles. The van der Waals surface area contributed by atoms with Crippen LogP contribution in [0.3, 0.4) is 0 Å². The number of carbonyl (C=O) groups excluding carboxylic acids is 1. The fourth-order valence-corrected chi connectivity index (χ4v) is 2.83. The third kappa shape index (κ3) is 3.08. The normalized spacial score (nSPS) is 11.5. The zero-order valence-electron chi connectivity index (χ0n) is 14.0. The Hall–Kier alpha value is -2.88. The first-order valence-corrected chi connectivity index (χ1v) is 7.89. The van der Waals surface area contributed by atoms with Crippen molar-refractivity contribution in [2.75, 3.05) is 5.32 Å². The van der Waals surface area contributed by atoms with E-state index in [1.165, 1.54) is 6.07 Å². The minimum absolute atomic E-state index is 0.0971. The van der Waals surface area contributed by atoms with Crippen LogP contribution in [0.2, 0.25) is 0 Å². The van der Waals surface area contributed by atoms with Gasteiger partial charge in [0.05, 0.1) is 5.56 Å². The van der Waals surface area contributed by atoms with E-state index >= 15 is 0 Å². The second-order valence-electron chi connectivity index (χ2n) is 6.84. The number of carbonyl (C=O) groups is 1. The topological polar surface area (TPSA) is 62.0 Å². The Morgan fingerprint density at radius 2 is 1.67 bits per heavy atom. The van der Waals surface area contributed by atoms with Crippen LogP contribution in [0.25, 0.3) is 10.9 Å². The number of pyridine rings is 1. The second kappa shape index (κ2) is 5.96. The van der Waals surface area contributed by atoms with Crippen LogP contribution in [0.1, 0.15) is 36.7 Å². The molecule has 0 atom stereocenters. The summed E-state index contributed by atoms with van der Waals surface area (Å²) in [6.45, 7) is 6.29. The lowest BCUT2D eigenvalue weighted by Gasteiger charge is -2.23. The zero-order chi connectivity index (χ0) is 17.3. The Morgan fingerprint density at radius 1 is 1.00 bits per heavy atom. The number of para-hydroxylation sites is 2. The van der Waals surface area contributed by atoms with Crippen LogP contribution >= 0.6 is 0 Å². The number of rotatable bonds is 2. The first-order valence-electron chi connectivity index (χ1n) is 7.89. The number of hydrogen-bond acceptors (Lipinski definition) is 2. The van der Waals surface area contributed by atoms with Crippen LogP contribution in [-0.2, 0) is 5.41 Å². The van der Waals surface area contributed by atoms with Gasteiger partial charge in [-0.15, -0.1) is 0 Å². The fraction of sp³-hybridized carbons (Fsp3) is 0.200. The summed E-state index contributed by atoms with van der Waals surface area (Å²) in [6.07, 6.45) is 0. The van der Waals surface area contributed by atoms with Crippen LogP contribution in [0.15, 0.2) is 59.4 Å². The molecule has 0 fully saturated rings. The van der Waals surface area contributed by atoms with Crippen molar-refractivity contribution in [3.05, 3.63) is 76.1 Å². The number of hydrogen-bond donors (Lipinski definition) is 2. The molecule has 2 aromatic carbocycles. The van der Waals surface area contributed by atoms with E-state index in [1.807, 2.05) is 42.5 Å². The monoisotopic (exact) mass is 320 g/mol. The summed E-state index contributed by atoms with van der Waals surface area (Å²) in [5.41, 5.74) is 2.45. The van der Waals surface area contributed by atoms with E-state index in [9.17, 15) is 9.59 Å². The molecular formula is C20H20N2O2. The summed E-state index contributed by atoms with van der Waals surface area (Å²) in [4.78, 5) is 27.4. The van der Waals surface area contributed by atoms with Crippen molar-refractivity contribution in [2.45, 2.75) is 26.2 Å². The molecule has 4 nitrogen and oxygen atoms in total. The molecule has 3 aromatic rings. The van der Waals surface area contributed by atoms with Gasteiger partial charge in [-0.25, -0.2) is 0 Å². The van der Waals surface area contributed by atoms with Crippen molar-refractivity contribution in [1.29, 1.82) is 0 Å². The molecule has 2 N–H and O–H groups in total. The molecule has 4 heteroatoms. The summed E-state index contributed by atoms with van der Waals surface area (Å²) in [6, 6.07) is 16.4. The lowest BCUT2D eigenvalue weighted by atomic mass is 9.86. The quantitative estimate of drug-likeness (QED) is 0.747. The Morgan fingerprint density at radius 3 is 2.42 bits per heavy atom.